The lowest BCUT2D eigenvalue weighted by atomic mass is 10.3. The molecule has 4 nitrogen and oxygen atoms in total. The van der Waals surface area contributed by atoms with Gasteiger partial charge in [-0.05, 0) is 17.3 Å². The van der Waals surface area contributed by atoms with Gasteiger partial charge in [0.1, 0.15) is 0 Å². The van der Waals surface area contributed by atoms with Crippen LogP contribution in [0.25, 0.3) is 0 Å². The summed E-state index contributed by atoms with van der Waals surface area (Å²) in [7, 11) is 4.23. The van der Waals surface area contributed by atoms with Crippen molar-refractivity contribution in [2.45, 2.75) is 19.4 Å². The predicted octanol–water partition coefficient (Wildman–Crippen LogP) is 2.06. The molecule has 0 aliphatic carbocycles. The molecule has 0 radical (unpaired) electrons. The standard InChI is InChI=1S/C13H22O4Si/c1-10(2)18(16-5,17-6)11-7-8-12(14-3)13(9-11)15-4/h7-10H,1-6H3. The van der Waals surface area contributed by atoms with E-state index in [9.17, 15) is 0 Å². The third kappa shape index (κ3) is 2.53. The van der Waals surface area contributed by atoms with Crippen molar-refractivity contribution in [1.29, 1.82) is 0 Å². The molecule has 18 heavy (non-hydrogen) atoms. The largest absolute Gasteiger partial charge is 0.493 e. The third-order valence-corrected chi connectivity index (χ3v) is 7.00. The van der Waals surface area contributed by atoms with Gasteiger partial charge in [-0.25, -0.2) is 0 Å². The zero-order chi connectivity index (χ0) is 13.8. The van der Waals surface area contributed by atoms with Gasteiger partial charge in [0.2, 0.25) is 0 Å². The number of ether oxygens (including phenoxy) is 2. The summed E-state index contributed by atoms with van der Waals surface area (Å²) in [6.07, 6.45) is 0. The SMILES string of the molecule is COc1ccc([Si](OC)(OC)C(C)C)cc1OC. The second kappa shape index (κ2) is 6.22. The smallest absolute Gasteiger partial charge is 0.374 e. The minimum absolute atomic E-state index is 0.297. The Morgan fingerprint density at radius 2 is 1.44 bits per heavy atom. The van der Waals surface area contributed by atoms with E-state index >= 15 is 0 Å². The molecule has 1 rings (SSSR count). The molecule has 0 aromatic heterocycles. The molecule has 0 amide bonds. The highest BCUT2D eigenvalue weighted by atomic mass is 28.4. The number of rotatable bonds is 6. The summed E-state index contributed by atoms with van der Waals surface area (Å²) >= 11 is 0. The lowest BCUT2D eigenvalue weighted by Crippen LogP contribution is -2.54. The van der Waals surface area contributed by atoms with Gasteiger partial charge in [-0.1, -0.05) is 19.9 Å². The zero-order valence-corrected chi connectivity index (χ0v) is 12.9. The molecule has 0 aliphatic rings. The molecular weight excluding hydrogens is 248 g/mol. The van der Waals surface area contributed by atoms with Gasteiger partial charge >= 0.3 is 8.56 Å². The molecular formula is C13H22O4Si. The van der Waals surface area contributed by atoms with E-state index in [0.717, 1.165) is 5.19 Å². The maximum Gasteiger partial charge on any atom is 0.374 e. The van der Waals surface area contributed by atoms with Crippen molar-refractivity contribution in [3.8, 4) is 11.5 Å². The summed E-state index contributed by atoms with van der Waals surface area (Å²) < 4.78 is 22.0. The molecule has 102 valence electrons. The summed E-state index contributed by atoms with van der Waals surface area (Å²) in [4.78, 5) is 0. The van der Waals surface area contributed by atoms with Crippen molar-refractivity contribution in [2.75, 3.05) is 28.4 Å². The molecule has 0 saturated heterocycles. The highest BCUT2D eigenvalue weighted by molar-refractivity contribution is 6.82. The molecule has 0 atom stereocenters. The minimum Gasteiger partial charge on any atom is -0.493 e. The van der Waals surface area contributed by atoms with Crippen LogP contribution in [0.3, 0.4) is 0 Å². The lowest BCUT2D eigenvalue weighted by molar-refractivity contribution is 0.248. The van der Waals surface area contributed by atoms with Crippen molar-refractivity contribution in [3.63, 3.8) is 0 Å². The highest BCUT2D eigenvalue weighted by Crippen LogP contribution is 2.29. The van der Waals surface area contributed by atoms with Gasteiger partial charge in [-0.2, -0.15) is 0 Å². The van der Waals surface area contributed by atoms with E-state index in [1.165, 1.54) is 0 Å². The fourth-order valence-corrected chi connectivity index (χ4v) is 5.07. The van der Waals surface area contributed by atoms with Gasteiger partial charge in [0.25, 0.3) is 0 Å². The average Bonchev–Trinajstić information content (AvgIpc) is 2.40. The van der Waals surface area contributed by atoms with Crippen LogP contribution in [0.2, 0.25) is 5.54 Å². The summed E-state index contributed by atoms with van der Waals surface area (Å²) in [5.74, 6) is 1.40. The van der Waals surface area contributed by atoms with Gasteiger partial charge in [-0.3, -0.25) is 0 Å². The van der Waals surface area contributed by atoms with Crippen molar-refractivity contribution in [1.82, 2.24) is 0 Å². The average molecular weight is 270 g/mol. The van der Waals surface area contributed by atoms with Crippen LogP contribution in [0.1, 0.15) is 13.8 Å². The zero-order valence-electron chi connectivity index (χ0n) is 11.9. The summed E-state index contributed by atoms with van der Waals surface area (Å²) in [6.45, 7) is 4.21. The molecule has 0 fully saturated rings. The number of hydrogen-bond donors (Lipinski definition) is 0. The Morgan fingerprint density at radius 3 is 1.83 bits per heavy atom. The summed E-state index contributed by atoms with van der Waals surface area (Å²) in [5, 5.41) is 1.04. The van der Waals surface area contributed by atoms with Crippen molar-refractivity contribution >= 4 is 13.7 Å². The molecule has 0 unspecified atom stereocenters. The van der Waals surface area contributed by atoms with E-state index in [1.807, 2.05) is 18.2 Å². The highest BCUT2D eigenvalue weighted by Gasteiger charge is 2.42. The molecule has 0 N–H and O–H groups in total. The monoisotopic (exact) mass is 270 g/mol. The first-order valence-corrected chi connectivity index (χ1v) is 7.77. The van der Waals surface area contributed by atoms with E-state index in [0.29, 0.717) is 17.0 Å². The predicted molar refractivity (Wildman–Crippen MR) is 74.1 cm³/mol. The number of methoxy groups -OCH3 is 2. The van der Waals surface area contributed by atoms with Gasteiger partial charge in [0.15, 0.2) is 11.5 Å². The van der Waals surface area contributed by atoms with E-state index in [4.69, 9.17) is 18.3 Å². The van der Waals surface area contributed by atoms with Crippen LogP contribution in [-0.4, -0.2) is 37.0 Å². The first kappa shape index (κ1) is 15.0. The van der Waals surface area contributed by atoms with E-state index in [2.05, 4.69) is 13.8 Å². The van der Waals surface area contributed by atoms with Crippen LogP contribution in [0, 0.1) is 0 Å². The molecule has 0 spiro atoms. The first-order chi connectivity index (χ1) is 8.55. The maximum absolute atomic E-state index is 5.73. The summed E-state index contributed by atoms with van der Waals surface area (Å²) in [6, 6.07) is 5.81. The van der Waals surface area contributed by atoms with Crippen LogP contribution in [0.15, 0.2) is 18.2 Å². The number of benzene rings is 1. The third-order valence-electron chi connectivity index (χ3n) is 3.15. The Labute approximate surface area is 110 Å². The first-order valence-electron chi connectivity index (χ1n) is 5.88. The Hall–Kier alpha value is -1.04. The number of hydrogen-bond acceptors (Lipinski definition) is 4. The van der Waals surface area contributed by atoms with Crippen LogP contribution >= 0.6 is 0 Å². The fourth-order valence-electron chi connectivity index (χ4n) is 2.18. The second-order valence-electron chi connectivity index (χ2n) is 4.30. The minimum atomic E-state index is -2.42. The molecule has 1 aromatic rings. The molecule has 1 aromatic carbocycles. The summed E-state index contributed by atoms with van der Waals surface area (Å²) in [5.41, 5.74) is 0.297. The van der Waals surface area contributed by atoms with Crippen LogP contribution < -0.4 is 14.7 Å². The molecule has 5 heteroatoms. The van der Waals surface area contributed by atoms with Crippen molar-refractivity contribution < 1.29 is 18.3 Å². The second-order valence-corrected chi connectivity index (χ2v) is 8.18. The van der Waals surface area contributed by atoms with Crippen molar-refractivity contribution in [2.24, 2.45) is 0 Å². The maximum atomic E-state index is 5.73. The fraction of sp³-hybridized carbons (Fsp3) is 0.538. The van der Waals surface area contributed by atoms with E-state index in [-0.39, 0.29) is 0 Å². The van der Waals surface area contributed by atoms with Crippen molar-refractivity contribution in [3.05, 3.63) is 18.2 Å². The Bertz CT molecular complexity index is 389. The quantitative estimate of drug-likeness (QED) is 0.741. The lowest BCUT2D eigenvalue weighted by Gasteiger charge is -2.31. The molecule has 0 heterocycles. The van der Waals surface area contributed by atoms with Gasteiger partial charge in [0, 0.05) is 19.8 Å². The Balaban J connectivity index is 3.30. The van der Waals surface area contributed by atoms with Crippen LogP contribution in [0.5, 0.6) is 11.5 Å². The van der Waals surface area contributed by atoms with Gasteiger partial charge < -0.3 is 18.3 Å². The Kier molecular flexibility index (Phi) is 5.19. The molecule has 0 bridgehead atoms. The van der Waals surface area contributed by atoms with Gasteiger partial charge in [0.05, 0.1) is 14.2 Å². The van der Waals surface area contributed by atoms with Crippen LogP contribution in [-0.2, 0) is 8.85 Å². The van der Waals surface area contributed by atoms with E-state index in [1.54, 1.807) is 28.4 Å². The van der Waals surface area contributed by atoms with E-state index < -0.39 is 8.56 Å². The topological polar surface area (TPSA) is 36.9 Å². The molecule has 0 saturated carbocycles. The van der Waals surface area contributed by atoms with Crippen LogP contribution in [0.4, 0.5) is 0 Å². The normalized spacial score (nSPS) is 11.7. The molecule has 0 aliphatic heterocycles. The van der Waals surface area contributed by atoms with Gasteiger partial charge in [-0.15, -0.1) is 0 Å². The Morgan fingerprint density at radius 1 is 0.889 bits per heavy atom.